The Morgan fingerprint density at radius 3 is 3.00 bits per heavy atom. The molecule has 1 aliphatic rings. The quantitative estimate of drug-likeness (QED) is 0.869. The van der Waals surface area contributed by atoms with Crippen molar-refractivity contribution in [1.82, 2.24) is 14.9 Å². The van der Waals surface area contributed by atoms with Gasteiger partial charge in [-0.25, -0.2) is 14.4 Å². The molecule has 2 heterocycles. The molecule has 23 heavy (non-hydrogen) atoms. The summed E-state index contributed by atoms with van der Waals surface area (Å²) < 4.78 is 18.7. The Morgan fingerprint density at radius 2 is 2.22 bits per heavy atom. The first kappa shape index (κ1) is 15.4. The smallest absolute Gasteiger partial charge is 0.260 e. The molecule has 1 fully saturated rings. The van der Waals surface area contributed by atoms with Gasteiger partial charge in [-0.1, -0.05) is 12.1 Å². The average molecular weight is 315 g/mol. The summed E-state index contributed by atoms with van der Waals surface area (Å²) in [5, 5.41) is 0. The normalized spacial score (nSPS) is 17.3. The van der Waals surface area contributed by atoms with Gasteiger partial charge in [0, 0.05) is 30.9 Å². The van der Waals surface area contributed by atoms with Crippen molar-refractivity contribution in [2.75, 3.05) is 19.7 Å². The minimum absolute atomic E-state index is 0.0959. The van der Waals surface area contributed by atoms with Gasteiger partial charge in [-0.2, -0.15) is 0 Å². The minimum atomic E-state index is -0.465. The minimum Gasteiger partial charge on any atom is -0.481 e. The van der Waals surface area contributed by atoms with E-state index in [4.69, 9.17) is 4.74 Å². The third kappa shape index (κ3) is 3.64. The highest BCUT2D eigenvalue weighted by Crippen LogP contribution is 2.25. The summed E-state index contributed by atoms with van der Waals surface area (Å²) in [6, 6.07) is 7.92. The third-order valence-corrected chi connectivity index (χ3v) is 3.91. The number of ether oxygens (including phenoxy) is 1. The molecule has 0 aliphatic carbocycles. The van der Waals surface area contributed by atoms with Crippen LogP contribution in [0.15, 0.2) is 36.5 Å². The number of aryl methyl sites for hydroxylation is 1. The number of nitrogens with zero attached hydrogens (tertiary/aromatic N) is 3. The maximum Gasteiger partial charge on any atom is 0.260 e. The van der Waals surface area contributed by atoms with Crippen LogP contribution in [0.5, 0.6) is 5.75 Å². The molecule has 0 N–H and O–H groups in total. The molecule has 1 aromatic heterocycles. The van der Waals surface area contributed by atoms with E-state index in [-0.39, 0.29) is 24.2 Å². The summed E-state index contributed by atoms with van der Waals surface area (Å²) in [7, 11) is 0. The van der Waals surface area contributed by atoms with Crippen LogP contribution in [0.2, 0.25) is 0 Å². The topological polar surface area (TPSA) is 55.3 Å². The van der Waals surface area contributed by atoms with Gasteiger partial charge in [-0.05, 0) is 31.5 Å². The van der Waals surface area contributed by atoms with E-state index in [1.165, 1.54) is 12.1 Å². The molecular weight excluding hydrogens is 297 g/mol. The Bertz CT molecular complexity index is 708. The monoisotopic (exact) mass is 315 g/mol. The second kappa shape index (κ2) is 6.73. The van der Waals surface area contributed by atoms with E-state index in [0.717, 1.165) is 17.9 Å². The number of rotatable bonds is 4. The molecule has 1 saturated heterocycles. The first-order valence-corrected chi connectivity index (χ1v) is 7.58. The molecule has 6 heteroatoms. The number of likely N-dealkylation sites (tertiary alicyclic amines) is 1. The summed E-state index contributed by atoms with van der Waals surface area (Å²) >= 11 is 0. The number of hydrogen-bond donors (Lipinski definition) is 0. The van der Waals surface area contributed by atoms with Gasteiger partial charge < -0.3 is 9.64 Å². The van der Waals surface area contributed by atoms with Gasteiger partial charge in [0.2, 0.25) is 0 Å². The summed E-state index contributed by atoms with van der Waals surface area (Å²) in [5.41, 5.74) is 0.919. The van der Waals surface area contributed by atoms with Crippen LogP contribution < -0.4 is 4.74 Å². The molecule has 0 spiro atoms. The number of halogens is 1. The molecule has 1 amide bonds. The molecule has 1 aliphatic heterocycles. The fraction of sp³-hybridized carbons (Fsp3) is 0.353. The van der Waals surface area contributed by atoms with E-state index in [1.807, 2.05) is 13.0 Å². The van der Waals surface area contributed by atoms with Gasteiger partial charge in [0.15, 0.2) is 18.2 Å². The van der Waals surface area contributed by atoms with Crippen LogP contribution in [-0.2, 0) is 4.79 Å². The first-order chi connectivity index (χ1) is 11.1. The first-order valence-electron chi connectivity index (χ1n) is 7.58. The summed E-state index contributed by atoms with van der Waals surface area (Å²) in [6.07, 6.45) is 2.57. The number of benzene rings is 1. The molecular formula is C17H18FN3O2. The van der Waals surface area contributed by atoms with E-state index in [2.05, 4.69) is 9.97 Å². The van der Waals surface area contributed by atoms with Gasteiger partial charge in [-0.3, -0.25) is 4.79 Å². The second-order valence-corrected chi connectivity index (χ2v) is 5.60. The fourth-order valence-corrected chi connectivity index (χ4v) is 2.66. The summed E-state index contributed by atoms with van der Waals surface area (Å²) in [4.78, 5) is 22.6. The number of carbonyl (C=O) groups is 1. The SMILES string of the molecule is Cc1ccnc([C@@H]2CCN(C(=O)COc3ccccc3F)C2)n1. The highest BCUT2D eigenvalue weighted by Gasteiger charge is 2.29. The van der Waals surface area contributed by atoms with Gasteiger partial charge in [-0.15, -0.1) is 0 Å². The molecule has 0 saturated carbocycles. The van der Waals surface area contributed by atoms with Crippen LogP contribution in [0.25, 0.3) is 0 Å². The van der Waals surface area contributed by atoms with Crippen LogP contribution in [0.3, 0.4) is 0 Å². The standard InChI is InChI=1S/C17H18FN3O2/c1-12-6-8-19-17(20-12)13-7-9-21(10-13)16(22)11-23-15-5-3-2-4-14(15)18/h2-6,8,13H,7,9-11H2,1H3/t13-/m1/s1. The molecule has 0 radical (unpaired) electrons. The van der Waals surface area contributed by atoms with E-state index in [9.17, 15) is 9.18 Å². The number of para-hydroxylation sites is 1. The molecule has 0 bridgehead atoms. The van der Waals surface area contributed by atoms with Crippen molar-refractivity contribution in [3.63, 3.8) is 0 Å². The van der Waals surface area contributed by atoms with Crippen molar-refractivity contribution in [2.24, 2.45) is 0 Å². The zero-order valence-corrected chi connectivity index (χ0v) is 12.9. The molecule has 1 aromatic carbocycles. The zero-order chi connectivity index (χ0) is 16.2. The number of amides is 1. The maximum atomic E-state index is 13.5. The molecule has 1 atom stereocenters. The maximum absolute atomic E-state index is 13.5. The lowest BCUT2D eigenvalue weighted by molar-refractivity contribution is -0.132. The van der Waals surface area contributed by atoms with Gasteiger partial charge in [0.25, 0.3) is 5.91 Å². The highest BCUT2D eigenvalue weighted by molar-refractivity contribution is 5.78. The van der Waals surface area contributed by atoms with Crippen molar-refractivity contribution >= 4 is 5.91 Å². The van der Waals surface area contributed by atoms with E-state index in [0.29, 0.717) is 13.1 Å². The predicted molar refractivity (Wildman–Crippen MR) is 82.6 cm³/mol. The number of aromatic nitrogens is 2. The van der Waals surface area contributed by atoms with Crippen molar-refractivity contribution in [1.29, 1.82) is 0 Å². The molecule has 120 valence electrons. The second-order valence-electron chi connectivity index (χ2n) is 5.60. The Labute approximate surface area is 134 Å². The Kier molecular flexibility index (Phi) is 4.50. The Hall–Kier alpha value is -2.50. The average Bonchev–Trinajstić information content (AvgIpc) is 3.04. The van der Waals surface area contributed by atoms with Crippen LogP contribution in [-0.4, -0.2) is 40.5 Å². The lowest BCUT2D eigenvalue weighted by Crippen LogP contribution is -2.33. The Balaban J connectivity index is 1.56. The number of carbonyl (C=O) groups excluding carboxylic acids is 1. The lowest BCUT2D eigenvalue weighted by atomic mass is 10.1. The lowest BCUT2D eigenvalue weighted by Gasteiger charge is -2.16. The van der Waals surface area contributed by atoms with Gasteiger partial charge in [0.1, 0.15) is 5.82 Å². The predicted octanol–water partition coefficient (Wildman–Crippen LogP) is 2.32. The van der Waals surface area contributed by atoms with E-state index >= 15 is 0 Å². The van der Waals surface area contributed by atoms with Crippen LogP contribution in [0.1, 0.15) is 23.9 Å². The van der Waals surface area contributed by atoms with Crippen LogP contribution >= 0.6 is 0 Å². The molecule has 0 unspecified atom stereocenters. The fourth-order valence-electron chi connectivity index (χ4n) is 2.66. The van der Waals surface area contributed by atoms with Crippen molar-refractivity contribution in [3.05, 3.63) is 53.9 Å². The van der Waals surface area contributed by atoms with E-state index in [1.54, 1.807) is 23.2 Å². The van der Waals surface area contributed by atoms with E-state index < -0.39 is 5.82 Å². The highest BCUT2D eigenvalue weighted by atomic mass is 19.1. The molecule has 2 aromatic rings. The van der Waals surface area contributed by atoms with Crippen molar-refractivity contribution < 1.29 is 13.9 Å². The van der Waals surface area contributed by atoms with Gasteiger partial charge in [0.05, 0.1) is 0 Å². The van der Waals surface area contributed by atoms with Gasteiger partial charge >= 0.3 is 0 Å². The molecule has 5 nitrogen and oxygen atoms in total. The largest absolute Gasteiger partial charge is 0.481 e. The van der Waals surface area contributed by atoms with Crippen LogP contribution in [0.4, 0.5) is 4.39 Å². The van der Waals surface area contributed by atoms with Crippen LogP contribution in [0, 0.1) is 12.7 Å². The van der Waals surface area contributed by atoms with Crippen molar-refractivity contribution in [2.45, 2.75) is 19.3 Å². The number of hydrogen-bond acceptors (Lipinski definition) is 4. The summed E-state index contributed by atoms with van der Waals surface area (Å²) in [5.74, 6) is 0.400. The Morgan fingerprint density at radius 1 is 1.39 bits per heavy atom. The molecule has 3 rings (SSSR count). The van der Waals surface area contributed by atoms with Crippen molar-refractivity contribution in [3.8, 4) is 5.75 Å². The summed E-state index contributed by atoms with van der Waals surface area (Å²) in [6.45, 7) is 2.97. The zero-order valence-electron chi connectivity index (χ0n) is 12.9. The third-order valence-electron chi connectivity index (χ3n) is 3.91.